The maximum atomic E-state index is 9.79. The number of hydrogen-bond acceptors (Lipinski definition) is 3. The van der Waals surface area contributed by atoms with Gasteiger partial charge in [0.15, 0.2) is 6.29 Å². The molecule has 0 spiro atoms. The predicted octanol–water partition coefficient (Wildman–Crippen LogP) is 4.05. The molecule has 1 N–H and O–H groups in total. The summed E-state index contributed by atoms with van der Waals surface area (Å²) in [7, 11) is 0. The molecule has 0 heterocycles. The van der Waals surface area contributed by atoms with Crippen molar-refractivity contribution in [3.63, 3.8) is 0 Å². The van der Waals surface area contributed by atoms with Gasteiger partial charge in [-0.15, -0.1) is 0 Å². The van der Waals surface area contributed by atoms with Crippen molar-refractivity contribution in [3.05, 3.63) is 0 Å². The molecule has 0 rings (SSSR count). The Morgan fingerprint density at radius 3 is 2.24 bits per heavy atom. The predicted molar refractivity (Wildman–Crippen MR) is 70.5 cm³/mol. The van der Waals surface area contributed by atoms with Crippen LogP contribution in [0.15, 0.2) is 0 Å². The van der Waals surface area contributed by atoms with E-state index in [1.54, 1.807) is 0 Å². The molecule has 104 valence electrons. The molecule has 0 saturated heterocycles. The Hall–Kier alpha value is -0.120. The zero-order valence-electron chi connectivity index (χ0n) is 11.8. The van der Waals surface area contributed by atoms with Gasteiger partial charge in [0, 0.05) is 5.92 Å². The standard InChI is InChI=1S/C14H30O3/c1-4-7-9-10-12-16-17-14(15)13(6-3)11-8-5-2/h13-15H,4-12H2,1-3H3. The lowest BCUT2D eigenvalue weighted by Crippen LogP contribution is -2.23. The molecule has 0 bridgehead atoms. The van der Waals surface area contributed by atoms with Crippen LogP contribution in [-0.2, 0) is 9.78 Å². The monoisotopic (exact) mass is 246 g/mol. The Balaban J connectivity index is 3.50. The van der Waals surface area contributed by atoms with Gasteiger partial charge in [0.1, 0.15) is 0 Å². The Morgan fingerprint density at radius 1 is 0.941 bits per heavy atom. The van der Waals surface area contributed by atoms with Crippen molar-refractivity contribution in [2.24, 2.45) is 5.92 Å². The molecule has 0 saturated carbocycles. The van der Waals surface area contributed by atoms with Gasteiger partial charge in [0.25, 0.3) is 0 Å². The second-order valence-electron chi connectivity index (χ2n) is 4.68. The van der Waals surface area contributed by atoms with E-state index in [-0.39, 0.29) is 5.92 Å². The van der Waals surface area contributed by atoms with Gasteiger partial charge in [0.05, 0.1) is 6.61 Å². The van der Waals surface area contributed by atoms with Crippen molar-refractivity contribution in [3.8, 4) is 0 Å². The smallest absolute Gasteiger partial charge is 0.191 e. The average Bonchev–Trinajstić information content (AvgIpc) is 2.34. The fourth-order valence-electron chi connectivity index (χ4n) is 1.80. The molecule has 2 unspecified atom stereocenters. The summed E-state index contributed by atoms with van der Waals surface area (Å²) in [6.45, 7) is 7.00. The van der Waals surface area contributed by atoms with E-state index in [1.807, 2.05) is 0 Å². The maximum Gasteiger partial charge on any atom is 0.191 e. The second-order valence-corrected chi connectivity index (χ2v) is 4.68. The van der Waals surface area contributed by atoms with E-state index in [2.05, 4.69) is 20.8 Å². The van der Waals surface area contributed by atoms with Crippen LogP contribution in [-0.4, -0.2) is 18.0 Å². The van der Waals surface area contributed by atoms with Gasteiger partial charge in [-0.25, -0.2) is 9.78 Å². The van der Waals surface area contributed by atoms with Crippen LogP contribution in [0.3, 0.4) is 0 Å². The number of hydrogen-bond donors (Lipinski definition) is 1. The van der Waals surface area contributed by atoms with Gasteiger partial charge in [-0.05, 0) is 19.3 Å². The van der Waals surface area contributed by atoms with Crippen LogP contribution in [0.2, 0.25) is 0 Å². The lowest BCUT2D eigenvalue weighted by molar-refractivity contribution is -0.381. The van der Waals surface area contributed by atoms with Crippen LogP contribution in [0, 0.1) is 5.92 Å². The van der Waals surface area contributed by atoms with Crippen LogP contribution < -0.4 is 0 Å². The van der Waals surface area contributed by atoms with Crippen LogP contribution in [0.1, 0.15) is 72.1 Å². The molecule has 3 heteroatoms. The Morgan fingerprint density at radius 2 is 1.65 bits per heavy atom. The third kappa shape index (κ3) is 9.57. The lowest BCUT2D eigenvalue weighted by Gasteiger charge is -2.20. The Kier molecular flexibility index (Phi) is 12.3. The molecular formula is C14H30O3. The van der Waals surface area contributed by atoms with E-state index in [4.69, 9.17) is 9.78 Å². The van der Waals surface area contributed by atoms with Crippen LogP contribution in [0.4, 0.5) is 0 Å². The zero-order chi connectivity index (χ0) is 12.9. The minimum Gasteiger partial charge on any atom is -0.365 e. The number of aliphatic hydroxyl groups excluding tert-OH is 1. The first-order chi connectivity index (χ1) is 8.26. The van der Waals surface area contributed by atoms with Crippen molar-refractivity contribution in [1.82, 2.24) is 0 Å². The molecule has 0 fully saturated rings. The first kappa shape index (κ1) is 16.9. The highest BCUT2D eigenvalue weighted by Crippen LogP contribution is 2.18. The number of rotatable bonds is 12. The number of aliphatic hydroxyl groups is 1. The summed E-state index contributed by atoms with van der Waals surface area (Å²) < 4.78 is 0. The van der Waals surface area contributed by atoms with Crippen molar-refractivity contribution in [1.29, 1.82) is 0 Å². The fourth-order valence-corrected chi connectivity index (χ4v) is 1.80. The first-order valence-electron chi connectivity index (χ1n) is 7.22. The summed E-state index contributed by atoms with van der Waals surface area (Å²) in [4.78, 5) is 10.1. The minimum absolute atomic E-state index is 0.200. The van der Waals surface area contributed by atoms with Crippen LogP contribution >= 0.6 is 0 Å². The Bertz CT molecular complexity index is 150. The topological polar surface area (TPSA) is 38.7 Å². The van der Waals surface area contributed by atoms with Gasteiger partial charge in [-0.2, -0.15) is 0 Å². The molecule has 2 atom stereocenters. The molecule has 3 nitrogen and oxygen atoms in total. The fraction of sp³-hybridized carbons (Fsp3) is 1.00. The summed E-state index contributed by atoms with van der Waals surface area (Å²) in [5.41, 5.74) is 0. The van der Waals surface area contributed by atoms with Gasteiger partial charge < -0.3 is 5.11 Å². The van der Waals surface area contributed by atoms with Crippen LogP contribution in [0.25, 0.3) is 0 Å². The highest BCUT2D eigenvalue weighted by molar-refractivity contribution is 4.58. The summed E-state index contributed by atoms with van der Waals surface area (Å²) in [5.74, 6) is 0.200. The number of unbranched alkanes of at least 4 members (excludes halogenated alkanes) is 4. The van der Waals surface area contributed by atoms with Crippen molar-refractivity contribution < 1.29 is 14.9 Å². The molecule has 0 aromatic carbocycles. The minimum atomic E-state index is -0.766. The van der Waals surface area contributed by atoms with Crippen molar-refractivity contribution in [2.75, 3.05) is 6.61 Å². The van der Waals surface area contributed by atoms with Gasteiger partial charge in [0.2, 0.25) is 0 Å². The SMILES string of the molecule is CCCCCCOOC(O)C(CC)CCCC. The van der Waals surface area contributed by atoms with Gasteiger partial charge in [-0.3, -0.25) is 0 Å². The highest BCUT2D eigenvalue weighted by Gasteiger charge is 2.18. The molecule has 0 aliphatic heterocycles. The van der Waals surface area contributed by atoms with Crippen molar-refractivity contribution >= 4 is 0 Å². The average molecular weight is 246 g/mol. The van der Waals surface area contributed by atoms with Crippen LogP contribution in [0.5, 0.6) is 0 Å². The first-order valence-corrected chi connectivity index (χ1v) is 7.22. The van der Waals surface area contributed by atoms with E-state index in [1.165, 1.54) is 19.3 Å². The zero-order valence-corrected chi connectivity index (χ0v) is 11.8. The van der Waals surface area contributed by atoms with E-state index in [0.717, 1.165) is 32.1 Å². The van der Waals surface area contributed by atoms with E-state index in [9.17, 15) is 5.11 Å². The molecule has 0 radical (unpaired) electrons. The molecular weight excluding hydrogens is 216 g/mol. The van der Waals surface area contributed by atoms with Gasteiger partial charge >= 0.3 is 0 Å². The van der Waals surface area contributed by atoms with Gasteiger partial charge in [-0.1, -0.05) is 52.9 Å². The summed E-state index contributed by atoms with van der Waals surface area (Å²) >= 11 is 0. The molecule has 0 aromatic rings. The van der Waals surface area contributed by atoms with E-state index >= 15 is 0 Å². The molecule has 0 aliphatic carbocycles. The molecule has 0 aromatic heterocycles. The quantitative estimate of drug-likeness (QED) is 0.244. The normalized spacial score (nSPS) is 14.8. The molecule has 0 aliphatic rings. The van der Waals surface area contributed by atoms with E-state index in [0.29, 0.717) is 6.61 Å². The summed E-state index contributed by atoms with van der Waals surface area (Å²) in [6, 6.07) is 0. The van der Waals surface area contributed by atoms with Crippen molar-refractivity contribution in [2.45, 2.75) is 78.4 Å². The second kappa shape index (κ2) is 12.3. The summed E-state index contributed by atoms with van der Waals surface area (Å²) in [6.07, 6.45) is 8.09. The maximum absolute atomic E-state index is 9.79. The molecule has 0 amide bonds. The Labute approximate surface area is 106 Å². The summed E-state index contributed by atoms with van der Waals surface area (Å²) in [5, 5.41) is 9.79. The largest absolute Gasteiger partial charge is 0.365 e. The lowest BCUT2D eigenvalue weighted by atomic mass is 9.99. The van der Waals surface area contributed by atoms with E-state index < -0.39 is 6.29 Å². The third-order valence-electron chi connectivity index (χ3n) is 3.10. The highest BCUT2D eigenvalue weighted by atomic mass is 17.2. The third-order valence-corrected chi connectivity index (χ3v) is 3.10. The molecule has 17 heavy (non-hydrogen) atoms.